The summed E-state index contributed by atoms with van der Waals surface area (Å²) in [6.07, 6.45) is 8.21. The quantitative estimate of drug-likeness (QED) is 0.0548. The van der Waals surface area contributed by atoms with Gasteiger partial charge in [0.2, 0.25) is 5.88 Å². The van der Waals surface area contributed by atoms with E-state index in [1.807, 2.05) is 26.0 Å². The Labute approximate surface area is 325 Å². The van der Waals surface area contributed by atoms with Crippen molar-refractivity contribution in [1.29, 1.82) is 0 Å². The van der Waals surface area contributed by atoms with Crippen molar-refractivity contribution in [1.82, 2.24) is 10.3 Å². The van der Waals surface area contributed by atoms with Gasteiger partial charge < -0.3 is 34.3 Å². The molecule has 1 aliphatic carbocycles. The van der Waals surface area contributed by atoms with Crippen LogP contribution in [0.5, 0.6) is 5.88 Å². The van der Waals surface area contributed by atoms with Crippen molar-refractivity contribution in [3.8, 4) is 28.3 Å². The number of amides is 2. The van der Waals surface area contributed by atoms with Crippen LogP contribution in [-0.2, 0) is 37.1 Å². The zero-order valence-corrected chi connectivity index (χ0v) is 35.5. The Bertz CT molecular complexity index is 1600. The third-order valence-corrected chi connectivity index (χ3v) is 9.11. The van der Waals surface area contributed by atoms with Crippen molar-refractivity contribution in [3.05, 3.63) is 88.7 Å². The second kappa shape index (κ2) is 24.2. The fourth-order valence-corrected chi connectivity index (χ4v) is 6.06. The minimum Gasteiger partial charge on any atom is -0.677 e. The van der Waals surface area contributed by atoms with E-state index in [1.54, 1.807) is 26.2 Å². The van der Waals surface area contributed by atoms with Gasteiger partial charge in [-0.05, 0) is 60.9 Å². The number of fused-ring (bicyclic) bond motifs is 1. The summed E-state index contributed by atoms with van der Waals surface area (Å²) in [7, 11) is 3.02. The first-order chi connectivity index (χ1) is 23.5. The third kappa shape index (κ3) is 12.5. The molecule has 2 unspecified atom stereocenters. The van der Waals surface area contributed by atoms with Crippen LogP contribution in [0.4, 0.5) is 10.1 Å². The molecule has 0 bridgehead atoms. The number of ether oxygens (including phenoxy) is 1. The molecule has 1 aromatic heterocycles. The summed E-state index contributed by atoms with van der Waals surface area (Å²) in [5, 5.41) is 5.44. The smallest absolute Gasteiger partial charge is 0.677 e. The number of halogens is 2. The van der Waals surface area contributed by atoms with Gasteiger partial charge in [0.15, 0.2) is 0 Å². The van der Waals surface area contributed by atoms with Crippen molar-refractivity contribution in [2.75, 3.05) is 32.6 Å². The Morgan fingerprint density at radius 3 is 2.43 bits per heavy atom. The Morgan fingerprint density at radius 2 is 1.84 bits per heavy atom. The van der Waals surface area contributed by atoms with E-state index in [2.05, 4.69) is 31.4 Å². The fourth-order valence-electron chi connectivity index (χ4n) is 5.75. The minimum absolute atomic E-state index is 0. The molecule has 4 rings (SSSR count). The number of anilines is 1. The second-order valence-electron chi connectivity index (χ2n) is 11.9. The number of nitrogens with two attached hydrogens (primary N) is 1. The molecule has 0 radical (unpaired) electrons. The summed E-state index contributed by atoms with van der Waals surface area (Å²) < 4.78 is 20.9. The maximum atomic E-state index is 15.3. The molecule has 0 saturated carbocycles. The molecular weight excluding hydrogens is 837 g/mol. The maximum absolute atomic E-state index is 15.3. The Balaban J connectivity index is 0.00000168. The van der Waals surface area contributed by atoms with E-state index in [-0.39, 0.29) is 46.2 Å². The number of hydrogen-bond acceptors (Lipinski definition) is 5. The first-order valence-electron chi connectivity index (χ1n) is 17.3. The number of carbonyl (C=O) groups excluding carboxylic acids is 2. The second-order valence-corrected chi connectivity index (χ2v) is 12.3. The first-order valence-corrected chi connectivity index (χ1v) is 17.6. The van der Waals surface area contributed by atoms with Gasteiger partial charge in [-0.2, -0.15) is 6.54 Å². The molecule has 3 aromatic rings. The molecule has 2 amide bonds. The summed E-state index contributed by atoms with van der Waals surface area (Å²) in [6.45, 7) is 13.0. The van der Waals surface area contributed by atoms with E-state index in [9.17, 15) is 9.59 Å². The summed E-state index contributed by atoms with van der Waals surface area (Å²) in [6, 6.07) is 10.1. The zero-order valence-electron chi connectivity index (χ0n) is 31.8. The van der Waals surface area contributed by atoms with Crippen LogP contribution in [0.2, 0.25) is 5.02 Å². The maximum Gasteiger partial charge on any atom is 2.00 e. The van der Waals surface area contributed by atoms with Gasteiger partial charge in [-0.15, -0.1) is 0 Å². The molecular formula is C40H57ClFN5O3W. The molecule has 0 spiro atoms. The number of benzene rings is 2. The minimum atomic E-state index is -0.654. The topological polar surface area (TPSA) is 130 Å². The van der Waals surface area contributed by atoms with Crippen LogP contribution in [0.15, 0.2) is 48.0 Å². The number of unbranched alkanes of at least 4 members (excludes halogenated alkanes) is 1. The van der Waals surface area contributed by atoms with Crippen molar-refractivity contribution < 1.29 is 39.8 Å². The van der Waals surface area contributed by atoms with Gasteiger partial charge in [0.05, 0.1) is 17.8 Å². The standard InChI is InChI=1S/C29H30ClFN4O3.C8H18N.C2H6.CH3.W/c1-15-8-9-17-14-23(35-29(38-4)24(15)17)18-6-5-7-19(26(18)30)25-16(2)22(11-10-21(25)31)34-28(37)20(12-13-32)27(36)33-3;1-3-8(2)6-4-5-7-9;1-2;;/h5-7,10-12,14-15H,8-9,13,32H2,1-4H3,(H,33,36)(H,34,37);8-9H,3-7H2,1-2H3;1-2H3;1H3;/q;-1;;-1;+2/b20-12+;;;;. The van der Waals surface area contributed by atoms with E-state index in [4.69, 9.17) is 32.8 Å². The van der Waals surface area contributed by atoms with Crippen molar-refractivity contribution >= 4 is 29.1 Å². The average Bonchev–Trinajstić information content (AvgIpc) is 3.49. The molecule has 51 heavy (non-hydrogen) atoms. The van der Waals surface area contributed by atoms with E-state index in [1.165, 1.54) is 50.1 Å². The van der Waals surface area contributed by atoms with Crippen molar-refractivity contribution in [3.63, 3.8) is 0 Å². The predicted molar refractivity (Wildman–Crippen MR) is 208 cm³/mol. The molecule has 5 N–H and O–H groups in total. The van der Waals surface area contributed by atoms with Gasteiger partial charge in [0.25, 0.3) is 11.8 Å². The van der Waals surface area contributed by atoms with Crippen molar-refractivity contribution in [2.45, 2.75) is 86.0 Å². The van der Waals surface area contributed by atoms with Gasteiger partial charge in [-0.25, -0.2) is 9.37 Å². The van der Waals surface area contributed by atoms with Crippen LogP contribution in [0.25, 0.3) is 28.1 Å². The molecule has 0 aliphatic heterocycles. The van der Waals surface area contributed by atoms with Crippen LogP contribution < -0.4 is 21.1 Å². The van der Waals surface area contributed by atoms with Gasteiger partial charge >= 0.3 is 21.1 Å². The Hall–Kier alpha value is -3.10. The van der Waals surface area contributed by atoms with Crippen LogP contribution >= 0.6 is 11.6 Å². The van der Waals surface area contributed by atoms with E-state index < -0.39 is 17.6 Å². The van der Waals surface area contributed by atoms with E-state index >= 15 is 4.39 Å². The fraction of sp³-hybridized carbons (Fsp3) is 0.450. The molecule has 8 nitrogen and oxygen atoms in total. The number of hydrogen-bond donors (Lipinski definition) is 3. The van der Waals surface area contributed by atoms with Crippen LogP contribution in [0.3, 0.4) is 0 Å². The van der Waals surface area contributed by atoms with E-state index in [0.717, 1.165) is 30.7 Å². The van der Waals surface area contributed by atoms with Gasteiger partial charge in [-0.1, -0.05) is 96.2 Å². The summed E-state index contributed by atoms with van der Waals surface area (Å²) in [5.74, 6) is 0.0814. The van der Waals surface area contributed by atoms with E-state index in [0.29, 0.717) is 51.4 Å². The van der Waals surface area contributed by atoms with Gasteiger partial charge in [-0.3, -0.25) is 9.59 Å². The van der Waals surface area contributed by atoms with Crippen LogP contribution in [0.1, 0.15) is 89.3 Å². The summed E-state index contributed by atoms with van der Waals surface area (Å²) >= 11 is 6.90. The molecule has 2 aromatic carbocycles. The number of carbonyl (C=O) groups is 2. The number of rotatable bonds is 12. The molecule has 1 aliphatic rings. The largest absolute Gasteiger partial charge is 2.00 e. The number of nitrogens with one attached hydrogen (secondary N) is 3. The Kier molecular flexibility index (Phi) is 22.7. The predicted octanol–water partition coefficient (Wildman–Crippen LogP) is 9.87. The number of aromatic nitrogens is 1. The SMILES string of the molecule is CC.CCC(C)CCCC[NH-].CNC(=O)/C(=C\CN)C(=O)Nc1ccc(F)c(-c2cccc(-c3cc4c(c(OC)n3)C(C)CC4)c2Cl)c1C.[CH3-].[W+2]. The third-order valence-electron chi connectivity index (χ3n) is 8.71. The molecule has 0 fully saturated rings. The summed E-state index contributed by atoms with van der Waals surface area (Å²) in [4.78, 5) is 29.7. The van der Waals surface area contributed by atoms with Crippen LogP contribution in [-0.4, -0.2) is 44.0 Å². The zero-order chi connectivity index (χ0) is 36.7. The molecule has 280 valence electrons. The number of nitrogens with zero attached hydrogens (tertiary/aromatic N) is 1. The summed E-state index contributed by atoms with van der Waals surface area (Å²) in [5.41, 5.74) is 17.4. The van der Waals surface area contributed by atoms with Gasteiger partial charge in [0.1, 0.15) is 11.4 Å². The van der Waals surface area contributed by atoms with Crippen LogP contribution in [0, 0.1) is 26.1 Å². The molecule has 11 heteroatoms. The Morgan fingerprint density at radius 1 is 1.18 bits per heavy atom. The van der Waals surface area contributed by atoms with Crippen molar-refractivity contribution in [2.24, 2.45) is 11.7 Å². The van der Waals surface area contributed by atoms with Gasteiger partial charge in [0, 0.05) is 41.5 Å². The molecule has 1 heterocycles. The number of aryl methyl sites for hydroxylation is 1. The monoisotopic (exact) mass is 893 g/mol. The normalized spacial score (nSPS) is 13.5. The number of methoxy groups -OCH3 is 1. The first kappa shape index (κ1) is 47.9. The number of likely N-dealkylation sites (N-methyl/N-ethyl adjacent to an activating group) is 1. The molecule has 0 saturated heterocycles. The number of pyridine rings is 1. The average molecular weight is 894 g/mol. The molecule has 2 atom stereocenters.